The van der Waals surface area contributed by atoms with Crippen LogP contribution in [0.1, 0.15) is 44.5 Å². The molecule has 0 fully saturated rings. The molecular formula is C17H14F3NO3S. The first-order chi connectivity index (χ1) is 11.8. The van der Waals surface area contributed by atoms with Crippen molar-refractivity contribution in [3.8, 4) is 0 Å². The quantitative estimate of drug-likeness (QED) is 0.796. The van der Waals surface area contributed by atoms with Crippen molar-refractivity contribution < 1.29 is 27.9 Å². The zero-order valence-corrected chi connectivity index (χ0v) is 14.0. The number of carboxylic acids is 1. The molecule has 1 unspecified atom stereocenters. The van der Waals surface area contributed by atoms with Crippen LogP contribution < -0.4 is 5.32 Å². The van der Waals surface area contributed by atoms with Gasteiger partial charge < -0.3 is 10.4 Å². The smallest absolute Gasteiger partial charge is 0.339 e. The van der Waals surface area contributed by atoms with E-state index in [9.17, 15) is 27.9 Å². The molecule has 0 saturated carbocycles. The van der Waals surface area contributed by atoms with Crippen molar-refractivity contribution in [2.75, 3.05) is 5.32 Å². The molecule has 0 bridgehead atoms. The minimum atomic E-state index is -1.74. The zero-order chi connectivity index (χ0) is 18.3. The summed E-state index contributed by atoms with van der Waals surface area (Å²) in [4.78, 5) is 24.7. The number of hydrogen-bond donors (Lipinski definition) is 2. The van der Waals surface area contributed by atoms with E-state index in [4.69, 9.17) is 0 Å². The van der Waals surface area contributed by atoms with Crippen LogP contribution in [0.15, 0.2) is 12.1 Å². The number of aromatic carboxylic acids is 1. The fourth-order valence-electron chi connectivity index (χ4n) is 2.94. The summed E-state index contributed by atoms with van der Waals surface area (Å²) in [5.74, 6) is -6.56. The van der Waals surface area contributed by atoms with E-state index in [1.165, 1.54) is 0 Å². The lowest BCUT2D eigenvalue weighted by Crippen LogP contribution is -2.17. The number of hydrogen-bond acceptors (Lipinski definition) is 3. The Morgan fingerprint density at radius 1 is 1.24 bits per heavy atom. The van der Waals surface area contributed by atoms with Crippen LogP contribution in [0.4, 0.5) is 18.2 Å². The Labute approximate surface area is 145 Å². The van der Waals surface area contributed by atoms with Crippen molar-refractivity contribution in [3.63, 3.8) is 0 Å². The van der Waals surface area contributed by atoms with Gasteiger partial charge in [0, 0.05) is 4.88 Å². The molecule has 1 atom stereocenters. The third kappa shape index (κ3) is 3.13. The molecule has 3 rings (SSSR count). The molecule has 2 aromatic rings. The number of carboxylic acid groups (broad SMARTS) is 1. The van der Waals surface area contributed by atoms with Crippen LogP contribution in [0.25, 0.3) is 0 Å². The molecule has 0 radical (unpaired) electrons. The van der Waals surface area contributed by atoms with Gasteiger partial charge in [-0.15, -0.1) is 11.3 Å². The molecule has 25 heavy (non-hydrogen) atoms. The Morgan fingerprint density at radius 2 is 1.96 bits per heavy atom. The van der Waals surface area contributed by atoms with Gasteiger partial charge in [0.2, 0.25) is 0 Å². The lowest BCUT2D eigenvalue weighted by atomic mass is 9.88. The zero-order valence-electron chi connectivity index (χ0n) is 13.2. The summed E-state index contributed by atoms with van der Waals surface area (Å²) >= 11 is 1.13. The topological polar surface area (TPSA) is 66.4 Å². The number of rotatable bonds is 3. The van der Waals surface area contributed by atoms with Crippen LogP contribution in [-0.4, -0.2) is 17.0 Å². The minimum Gasteiger partial charge on any atom is -0.478 e. The standard InChI is InChI=1S/C17H14F3NO3S/c1-7-2-3-8-11(6-7)25-16(12(8)17(23)24)21-15(22)9-4-5-10(18)14(20)13(9)19/h4-5,7H,2-3,6H2,1H3,(H,21,22)(H,23,24). The predicted octanol–water partition coefficient (Wildman–Crippen LogP) is 4.24. The molecule has 0 spiro atoms. The van der Waals surface area contributed by atoms with Crippen molar-refractivity contribution in [2.45, 2.75) is 26.2 Å². The summed E-state index contributed by atoms with van der Waals surface area (Å²) in [5.41, 5.74) is -0.0186. The van der Waals surface area contributed by atoms with Crippen LogP contribution in [0.2, 0.25) is 0 Å². The largest absolute Gasteiger partial charge is 0.478 e. The van der Waals surface area contributed by atoms with Crippen LogP contribution >= 0.6 is 11.3 Å². The van der Waals surface area contributed by atoms with Gasteiger partial charge >= 0.3 is 5.97 Å². The maximum atomic E-state index is 13.8. The summed E-state index contributed by atoms with van der Waals surface area (Å²) in [7, 11) is 0. The third-order valence-electron chi connectivity index (χ3n) is 4.23. The normalized spacial score (nSPS) is 16.4. The Morgan fingerprint density at radius 3 is 2.64 bits per heavy atom. The summed E-state index contributed by atoms with van der Waals surface area (Å²) < 4.78 is 40.1. The molecule has 1 aliphatic carbocycles. The first kappa shape index (κ1) is 17.5. The molecule has 2 N–H and O–H groups in total. The fourth-order valence-corrected chi connectivity index (χ4v) is 4.33. The number of thiophene rings is 1. The maximum Gasteiger partial charge on any atom is 0.339 e. The highest BCUT2D eigenvalue weighted by atomic mass is 32.1. The second kappa shape index (κ2) is 6.51. The molecule has 0 aliphatic heterocycles. The van der Waals surface area contributed by atoms with Crippen molar-refractivity contribution in [1.82, 2.24) is 0 Å². The molecule has 1 amide bonds. The van der Waals surface area contributed by atoms with Crippen LogP contribution in [-0.2, 0) is 12.8 Å². The van der Waals surface area contributed by atoms with Gasteiger partial charge in [-0.05, 0) is 42.9 Å². The minimum absolute atomic E-state index is 0.0109. The Balaban J connectivity index is 1.97. The van der Waals surface area contributed by atoms with Crippen LogP contribution in [0, 0.1) is 23.4 Å². The Hall–Kier alpha value is -2.35. The van der Waals surface area contributed by atoms with Gasteiger partial charge in [-0.2, -0.15) is 0 Å². The van der Waals surface area contributed by atoms with E-state index in [0.29, 0.717) is 30.4 Å². The number of carbonyl (C=O) groups excluding carboxylic acids is 1. The number of benzene rings is 1. The average molecular weight is 369 g/mol. The lowest BCUT2D eigenvalue weighted by Gasteiger charge is -2.17. The van der Waals surface area contributed by atoms with Gasteiger partial charge in [0.05, 0.1) is 11.1 Å². The van der Waals surface area contributed by atoms with E-state index < -0.39 is 34.9 Å². The van der Waals surface area contributed by atoms with Crippen molar-refractivity contribution in [2.24, 2.45) is 5.92 Å². The highest BCUT2D eigenvalue weighted by Crippen LogP contribution is 2.39. The molecular weight excluding hydrogens is 355 g/mol. The van der Waals surface area contributed by atoms with Gasteiger partial charge in [-0.1, -0.05) is 6.92 Å². The summed E-state index contributed by atoms with van der Waals surface area (Å²) in [6, 6.07) is 1.46. The number of anilines is 1. The number of amides is 1. The second-order valence-corrected chi connectivity index (χ2v) is 7.14. The third-order valence-corrected chi connectivity index (χ3v) is 5.40. The van der Waals surface area contributed by atoms with Gasteiger partial charge in [-0.25, -0.2) is 18.0 Å². The van der Waals surface area contributed by atoms with Crippen molar-refractivity contribution in [1.29, 1.82) is 0 Å². The molecule has 1 heterocycles. The van der Waals surface area contributed by atoms with Gasteiger partial charge in [0.15, 0.2) is 17.5 Å². The number of nitrogens with one attached hydrogen (secondary N) is 1. The number of halogens is 3. The summed E-state index contributed by atoms with van der Waals surface area (Å²) in [5, 5.41) is 11.9. The van der Waals surface area contributed by atoms with Crippen molar-refractivity contribution in [3.05, 3.63) is 51.2 Å². The van der Waals surface area contributed by atoms with Crippen molar-refractivity contribution >= 4 is 28.2 Å². The molecule has 8 heteroatoms. The highest BCUT2D eigenvalue weighted by molar-refractivity contribution is 7.17. The predicted molar refractivity (Wildman–Crippen MR) is 86.7 cm³/mol. The molecule has 1 aromatic heterocycles. The van der Waals surface area contributed by atoms with E-state index in [0.717, 1.165) is 28.7 Å². The summed E-state index contributed by atoms with van der Waals surface area (Å²) in [6.45, 7) is 2.05. The number of fused-ring (bicyclic) bond motifs is 1. The van der Waals surface area contributed by atoms with Crippen LogP contribution in [0.5, 0.6) is 0 Å². The molecule has 1 aromatic carbocycles. The first-order valence-corrected chi connectivity index (χ1v) is 8.44. The highest BCUT2D eigenvalue weighted by Gasteiger charge is 2.29. The second-order valence-electron chi connectivity index (χ2n) is 6.04. The lowest BCUT2D eigenvalue weighted by molar-refractivity contribution is 0.0697. The summed E-state index contributed by atoms with van der Waals surface area (Å²) in [6.07, 6.45) is 2.13. The molecule has 132 valence electrons. The number of carbonyl (C=O) groups is 2. The monoisotopic (exact) mass is 369 g/mol. The Kier molecular flexibility index (Phi) is 4.55. The molecule has 1 aliphatic rings. The van der Waals surface area contributed by atoms with E-state index in [2.05, 4.69) is 12.2 Å². The molecule has 0 saturated heterocycles. The SMILES string of the molecule is CC1CCc2c(sc(NC(=O)c3ccc(F)c(F)c3F)c2C(=O)O)C1. The van der Waals surface area contributed by atoms with Gasteiger partial charge in [0.25, 0.3) is 5.91 Å². The van der Waals surface area contributed by atoms with E-state index in [1.54, 1.807) is 0 Å². The van der Waals surface area contributed by atoms with E-state index in [-0.39, 0.29) is 10.6 Å². The maximum absolute atomic E-state index is 13.8. The van der Waals surface area contributed by atoms with E-state index >= 15 is 0 Å². The van der Waals surface area contributed by atoms with E-state index in [1.807, 2.05) is 0 Å². The van der Waals surface area contributed by atoms with Gasteiger partial charge in [-0.3, -0.25) is 4.79 Å². The fraction of sp³-hybridized carbons (Fsp3) is 0.294. The van der Waals surface area contributed by atoms with Gasteiger partial charge in [0.1, 0.15) is 5.00 Å². The Bertz CT molecular complexity index is 879. The van der Waals surface area contributed by atoms with Crippen LogP contribution in [0.3, 0.4) is 0 Å². The first-order valence-electron chi connectivity index (χ1n) is 7.62. The average Bonchev–Trinajstić information content (AvgIpc) is 2.89. The molecule has 4 nitrogen and oxygen atoms in total.